The van der Waals surface area contributed by atoms with Gasteiger partial charge in [-0.1, -0.05) is 121 Å². The number of benzene rings is 12. The van der Waals surface area contributed by atoms with Crippen molar-refractivity contribution in [3.05, 3.63) is 255 Å². The first kappa shape index (κ1) is 41.8. The molecule has 0 saturated carbocycles. The summed E-state index contributed by atoms with van der Waals surface area (Å²) in [6.07, 6.45) is 0. The Balaban J connectivity index is 0.904. The number of hydrogen-bond donors (Lipinski definition) is 0. The normalized spacial score (nSPS) is 12.4. The predicted molar refractivity (Wildman–Crippen MR) is 324 cm³/mol. The minimum absolute atomic E-state index is 0.877. The SMILES string of the molecule is c1ccc(-n2c3ccccc3c3cc(-c4ccc5c(c4)c4c6oc7c(ccc8c7c7ccccc7n8-c7ccc8oc9ccccc9c8c7)c6ccc4n5-c4ccc5c(c4)c4ccccc4n5-c4ccccc4)ccc32)cc1. The van der Waals surface area contributed by atoms with Crippen molar-refractivity contribution in [3.8, 4) is 33.9 Å². The lowest BCUT2D eigenvalue weighted by atomic mass is 10.00. The Bertz CT molecular complexity index is 5570. The molecular formula is C72H42N4O2. The van der Waals surface area contributed by atoms with Crippen molar-refractivity contribution in [2.45, 2.75) is 0 Å². The van der Waals surface area contributed by atoms with E-state index in [9.17, 15) is 0 Å². The number of fused-ring (bicyclic) bond motifs is 20. The van der Waals surface area contributed by atoms with Crippen LogP contribution >= 0.6 is 0 Å². The third kappa shape index (κ3) is 5.64. The van der Waals surface area contributed by atoms with Gasteiger partial charge in [-0.3, -0.25) is 0 Å². The van der Waals surface area contributed by atoms with Gasteiger partial charge >= 0.3 is 0 Å². The third-order valence-electron chi connectivity index (χ3n) is 16.7. The second-order valence-corrected chi connectivity index (χ2v) is 20.8. The molecule has 6 heteroatoms. The third-order valence-corrected chi connectivity index (χ3v) is 16.7. The number of furan rings is 2. The van der Waals surface area contributed by atoms with E-state index in [0.717, 1.165) is 121 Å². The Hall–Kier alpha value is -10.6. The van der Waals surface area contributed by atoms with E-state index >= 15 is 0 Å². The average molecular weight is 995 g/mol. The van der Waals surface area contributed by atoms with Crippen molar-refractivity contribution in [2.75, 3.05) is 0 Å². The second-order valence-electron chi connectivity index (χ2n) is 20.8. The van der Waals surface area contributed by atoms with Crippen molar-refractivity contribution >= 4 is 131 Å². The molecule has 18 rings (SSSR count). The number of para-hydroxylation sites is 6. The van der Waals surface area contributed by atoms with Gasteiger partial charge < -0.3 is 27.1 Å². The van der Waals surface area contributed by atoms with Gasteiger partial charge in [0.05, 0.1) is 54.9 Å². The molecule has 0 amide bonds. The maximum absolute atomic E-state index is 7.54. The van der Waals surface area contributed by atoms with Gasteiger partial charge in [0.25, 0.3) is 0 Å². The van der Waals surface area contributed by atoms with Gasteiger partial charge in [-0.2, -0.15) is 0 Å². The highest BCUT2D eigenvalue weighted by atomic mass is 16.3. The van der Waals surface area contributed by atoms with Crippen LogP contribution in [-0.2, 0) is 0 Å². The second kappa shape index (κ2) is 15.5. The van der Waals surface area contributed by atoms with Crippen LogP contribution in [0.5, 0.6) is 0 Å². The minimum atomic E-state index is 0.877. The molecule has 0 atom stereocenters. The summed E-state index contributed by atoms with van der Waals surface area (Å²) in [4.78, 5) is 0. The van der Waals surface area contributed by atoms with Crippen molar-refractivity contribution < 1.29 is 8.83 Å². The van der Waals surface area contributed by atoms with Crippen LogP contribution in [-0.4, -0.2) is 18.3 Å². The van der Waals surface area contributed by atoms with E-state index in [2.05, 4.69) is 261 Å². The van der Waals surface area contributed by atoms with E-state index in [1.807, 2.05) is 12.1 Å². The number of rotatable bonds is 5. The molecule has 0 N–H and O–H groups in total. The molecule has 0 spiro atoms. The maximum atomic E-state index is 7.54. The molecule has 6 nitrogen and oxygen atoms in total. The molecule has 0 aliphatic heterocycles. The summed E-state index contributed by atoms with van der Waals surface area (Å²) in [6.45, 7) is 0. The molecule has 0 aliphatic rings. The number of hydrogen-bond acceptors (Lipinski definition) is 2. The molecule has 0 saturated heterocycles. The Kier molecular flexibility index (Phi) is 8.30. The van der Waals surface area contributed by atoms with Gasteiger partial charge in [-0.15, -0.1) is 0 Å². The highest BCUT2D eigenvalue weighted by molar-refractivity contribution is 6.29. The first-order valence-corrected chi connectivity index (χ1v) is 26.7. The molecule has 78 heavy (non-hydrogen) atoms. The molecule has 0 aliphatic carbocycles. The van der Waals surface area contributed by atoms with Gasteiger partial charge in [-0.05, 0) is 145 Å². The van der Waals surface area contributed by atoms with E-state index in [1.165, 1.54) is 43.6 Å². The van der Waals surface area contributed by atoms with E-state index in [0.29, 0.717) is 0 Å². The Morgan fingerprint density at radius 1 is 0.205 bits per heavy atom. The maximum Gasteiger partial charge on any atom is 0.145 e. The van der Waals surface area contributed by atoms with Crippen LogP contribution in [0.1, 0.15) is 0 Å². The fourth-order valence-corrected chi connectivity index (χ4v) is 13.4. The topological polar surface area (TPSA) is 46.0 Å². The summed E-state index contributed by atoms with van der Waals surface area (Å²) in [5.41, 5.74) is 19.4. The van der Waals surface area contributed by atoms with Crippen LogP contribution in [0.4, 0.5) is 0 Å². The van der Waals surface area contributed by atoms with Gasteiger partial charge in [0, 0.05) is 76.6 Å². The molecule has 18 aromatic rings. The van der Waals surface area contributed by atoms with Crippen LogP contribution in [0.15, 0.2) is 264 Å². The smallest absolute Gasteiger partial charge is 0.145 e. The first-order valence-electron chi connectivity index (χ1n) is 26.7. The fourth-order valence-electron chi connectivity index (χ4n) is 13.4. The minimum Gasteiger partial charge on any atom is -0.456 e. The van der Waals surface area contributed by atoms with Crippen molar-refractivity contribution in [3.63, 3.8) is 0 Å². The molecule has 0 bridgehead atoms. The molecule has 362 valence electrons. The Morgan fingerprint density at radius 3 is 1.22 bits per heavy atom. The summed E-state index contributed by atoms with van der Waals surface area (Å²) in [7, 11) is 0. The van der Waals surface area contributed by atoms with Gasteiger partial charge in [0.2, 0.25) is 0 Å². The van der Waals surface area contributed by atoms with E-state index in [4.69, 9.17) is 8.83 Å². The monoisotopic (exact) mass is 994 g/mol. The Morgan fingerprint density at radius 2 is 0.603 bits per heavy atom. The zero-order valence-electron chi connectivity index (χ0n) is 41.9. The molecule has 0 radical (unpaired) electrons. The summed E-state index contributed by atoms with van der Waals surface area (Å²) in [5.74, 6) is 0. The average Bonchev–Trinajstić information content (AvgIpc) is 4.48. The van der Waals surface area contributed by atoms with E-state index in [1.54, 1.807) is 0 Å². The molecule has 0 fully saturated rings. The predicted octanol–water partition coefficient (Wildman–Crippen LogP) is 19.5. The highest BCUT2D eigenvalue weighted by Gasteiger charge is 2.25. The lowest BCUT2D eigenvalue weighted by Crippen LogP contribution is -1.95. The van der Waals surface area contributed by atoms with Gasteiger partial charge in [0.15, 0.2) is 0 Å². The van der Waals surface area contributed by atoms with E-state index < -0.39 is 0 Å². The van der Waals surface area contributed by atoms with E-state index in [-0.39, 0.29) is 0 Å². The van der Waals surface area contributed by atoms with Gasteiger partial charge in [0.1, 0.15) is 22.3 Å². The molecular weight excluding hydrogens is 953 g/mol. The van der Waals surface area contributed by atoms with Crippen LogP contribution in [0, 0.1) is 0 Å². The standard InChI is InChI=1S/C72H42N4O2/c1-3-15-45(16-4-1)73-59-23-11-7-19-49(59)55-39-43(27-33-62(55)73)44-28-34-64-58(40-44)70-66(76(64)47-29-35-63-56(41-47)50-20-8-12-24-60(50)74(63)46-17-5-2-6-18-46)37-32-53-52-31-36-65-69(71(52)78-72(53)70)54-22-9-13-25-61(54)75(65)48-30-38-68-57(42-48)51-21-10-14-26-67(51)77-68/h1-42H. The zero-order valence-corrected chi connectivity index (χ0v) is 41.9. The quantitative estimate of drug-likeness (QED) is 0.172. The van der Waals surface area contributed by atoms with Crippen LogP contribution in [0.3, 0.4) is 0 Å². The fraction of sp³-hybridized carbons (Fsp3) is 0. The summed E-state index contributed by atoms with van der Waals surface area (Å²) in [6, 6.07) is 92.5. The molecule has 0 unspecified atom stereocenters. The largest absolute Gasteiger partial charge is 0.456 e. The molecule has 12 aromatic carbocycles. The number of nitrogens with zero attached hydrogens (tertiary/aromatic N) is 4. The highest BCUT2D eigenvalue weighted by Crippen LogP contribution is 2.47. The summed E-state index contributed by atoms with van der Waals surface area (Å²) < 4.78 is 23.4. The Labute approximate surface area is 444 Å². The molecule has 6 heterocycles. The van der Waals surface area contributed by atoms with Crippen molar-refractivity contribution in [2.24, 2.45) is 0 Å². The zero-order chi connectivity index (χ0) is 50.7. The van der Waals surface area contributed by atoms with Crippen molar-refractivity contribution in [1.82, 2.24) is 18.3 Å². The van der Waals surface area contributed by atoms with Crippen LogP contribution in [0.2, 0.25) is 0 Å². The lowest BCUT2D eigenvalue weighted by molar-refractivity contribution is 0.669. The summed E-state index contributed by atoms with van der Waals surface area (Å²) >= 11 is 0. The molecule has 6 aromatic heterocycles. The van der Waals surface area contributed by atoms with Crippen LogP contribution in [0.25, 0.3) is 165 Å². The van der Waals surface area contributed by atoms with Crippen LogP contribution < -0.4 is 0 Å². The lowest BCUT2D eigenvalue weighted by Gasteiger charge is -2.11. The van der Waals surface area contributed by atoms with Crippen molar-refractivity contribution in [1.29, 1.82) is 0 Å². The van der Waals surface area contributed by atoms with Gasteiger partial charge in [-0.25, -0.2) is 0 Å². The number of aromatic nitrogens is 4. The summed E-state index contributed by atoms with van der Waals surface area (Å²) in [5, 5.41) is 13.7. The first-order chi connectivity index (χ1) is 38.7.